The maximum absolute atomic E-state index is 12.7. The number of hydrogen-bond acceptors (Lipinski definition) is 6. The second kappa shape index (κ2) is 10.0. The summed E-state index contributed by atoms with van der Waals surface area (Å²) in [6.07, 6.45) is -0.291. The molecule has 28 heavy (non-hydrogen) atoms. The van der Waals surface area contributed by atoms with Crippen molar-refractivity contribution in [1.82, 2.24) is 0 Å². The van der Waals surface area contributed by atoms with Gasteiger partial charge < -0.3 is 4.74 Å². The Kier molecular flexibility index (Phi) is 7.73. The predicted molar refractivity (Wildman–Crippen MR) is 104 cm³/mol. The third-order valence-corrected chi connectivity index (χ3v) is 5.29. The Morgan fingerprint density at radius 2 is 1.71 bits per heavy atom. The Bertz CT molecular complexity index is 933. The van der Waals surface area contributed by atoms with E-state index in [0.29, 0.717) is 12.8 Å². The first kappa shape index (κ1) is 21.6. The van der Waals surface area contributed by atoms with Crippen molar-refractivity contribution in [2.45, 2.75) is 50.2 Å². The molecular weight excluding hydrogens is 378 g/mol. The number of rotatable bonds is 9. The molecule has 7 heteroatoms. The summed E-state index contributed by atoms with van der Waals surface area (Å²) in [6, 6.07) is 17.2. The number of nitrogens with zero attached hydrogens (tertiary/aromatic N) is 1. The van der Waals surface area contributed by atoms with Crippen molar-refractivity contribution in [1.29, 1.82) is 5.26 Å². The minimum absolute atomic E-state index is 0.0391. The number of hydrogen-bond donors (Lipinski definition) is 0. The van der Waals surface area contributed by atoms with Crippen LogP contribution in [0.2, 0.25) is 0 Å². The van der Waals surface area contributed by atoms with Crippen molar-refractivity contribution in [3.63, 3.8) is 0 Å². The van der Waals surface area contributed by atoms with Gasteiger partial charge in [0.15, 0.2) is 6.10 Å². The second-order valence-electron chi connectivity index (χ2n) is 6.51. The van der Waals surface area contributed by atoms with Crippen LogP contribution >= 0.6 is 0 Å². The standard InChI is InChI=1S/C21H23NO5S/c1-16(2)26-21(23)19(13-8-11-17-9-4-3-5-10-17)27-28(24,25)20-14-7-6-12-18(20)15-22/h3-7,9-10,12,14,16,19H,8,11,13H2,1-2H3/t19-/m1/s1. The van der Waals surface area contributed by atoms with Crippen LogP contribution in [-0.4, -0.2) is 26.6 Å². The molecule has 0 aliphatic rings. The Morgan fingerprint density at radius 3 is 2.36 bits per heavy atom. The first-order valence-electron chi connectivity index (χ1n) is 9.00. The van der Waals surface area contributed by atoms with Crippen LogP contribution < -0.4 is 0 Å². The quantitative estimate of drug-likeness (QED) is 0.471. The van der Waals surface area contributed by atoms with Crippen molar-refractivity contribution in [2.24, 2.45) is 0 Å². The fraction of sp³-hybridized carbons (Fsp3) is 0.333. The van der Waals surface area contributed by atoms with Crippen LogP contribution in [0, 0.1) is 11.3 Å². The Labute approximate surface area is 165 Å². The summed E-state index contributed by atoms with van der Waals surface area (Å²) in [5.74, 6) is -0.735. The maximum Gasteiger partial charge on any atom is 0.337 e. The molecule has 0 aliphatic carbocycles. The molecule has 2 aromatic rings. The van der Waals surface area contributed by atoms with E-state index in [-0.39, 0.29) is 16.9 Å². The van der Waals surface area contributed by atoms with Gasteiger partial charge in [0.05, 0.1) is 11.7 Å². The van der Waals surface area contributed by atoms with Gasteiger partial charge in [0.2, 0.25) is 0 Å². The van der Waals surface area contributed by atoms with E-state index in [4.69, 9.17) is 14.2 Å². The highest BCUT2D eigenvalue weighted by Gasteiger charge is 2.30. The Morgan fingerprint density at radius 1 is 1.07 bits per heavy atom. The van der Waals surface area contributed by atoms with E-state index in [9.17, 15) is 13.2 Å². The number of nitriles is 1. The number of aryl methyl sites for hydroxylation is 1. The monoisotopic (exact) mass is 401 g/mol. The van der Waals surface area contributed by atoms with Gasteiger partial charge in [-0.1, -0.05) is 42.5 Å². The van der Waals surface area contributed by atoms with Crippen molar-refractivity contribution in [3.8, 4) is 6.07 Å². The highest BCUT2D eigenvalue weighted by atomic mass is 32.2. The third kappa shape index (κ3) is 6.19. The molecule has 2 aromatic carbocycles. The zero-order valence-corrected chi connectivity index (χ0v) is 16.7. The van der Waals surface area contributed by atoms with Crippen molar-refractivity contribution >= 4 is 16.1 Å². The lowest BCUT2D eigenvalue weighted by molar-refractivity contribution is -0.156. The fourth-order valence-electron chi connectivity index (χ4n) is 2.63. The minimum atomic E-state index is -4.30. The third-order valence-electron chi connectivity index (χ3n) is 3.91. The van der Waals surface area contributed by atoms with Gasteiger partial charge in [0.25, 0.3) is 10.1 Å². The molecule has 0 bridgehead atoms. The smallest absolute Gasteiger partial charge is 0.337 e. The summed E-state index contributed by atoms with van der Waals surface area (Å²) in [7, 11) is -4.30. The van der Waals surface area contributed by atoms with Crippen LogP contribution in [0.25, 0.3) is 0 Å². The van der Waals surface area contributed by atoms with E-state index in [1.807, 2.05) is 36.4 Å². The summed E-state index contributed by atoms with van der Waals surface area (Å²) in [4.78, 5) is 12.1. The number of carbonyl (C=O) groups excluding carboxylic acids is 1. The molecule has 0 aliphatic heterocycles. The molecule has 2 rings (SSSR count). The molecule has 0 heterocycles. The van der Waals surface area contributed by atoms with Crippen molar-refractivity contribution in [2.75, 3.05) is 0 Å². The van der Waals surface area contributed by atoms with E-state index in [2.05, 4.69) is 0 Å². The molecule has 0 radical (unpaired) electrons. The Hall–Kier alpha value is -2.69. The number of ether oxygens (including phenoxy) is 1. The first-order valence-corrected chi connectivity index (χ1v) is 10.4. The van der Waals surface area contributed by atoms with Gasteiger partial charge in [-0.25, -0.2) is 4.79 Å². The number of carbonyl (C=O) groups is 1. The van der Waals surface area contributed by atoms with E-state index >= 15 is 0 Å². The highest BCUT2D eigenvalue weighted by molar-refractivity contribution is 7.86. The largest absolute Gasteiger partial charge is 0.461 e. The summed E-state index contributed by atoms with van der Waals surface area (Å²) >= 11 is 0. The van der Waals surface area contributed by atoms with Crippen molar-refractivity contribution < 1.29 is 22.1 Å². The molecule has 148 valence electrons. The summed E-state index contributed by atoms with van der Waals surface area (Å²) in [5.41, 5.74) is 1.04. The Balaban J connectivity index is 2.16. The van der Waals surface area contributed by atoms with Crippen LogP contribution in [0.1, 0.15) is 37.8 Å². The molecular formula is C21H23NO5S. The van der Waals surface area contributed by atoms with Crippen molar-refractivity contribution in [3.05, 3.63) is 65.7 Å². The molecule has 0 aromatic heterocycles. The SMILES string of the molecule is CC(C)OC(=O)[C@@H](CCCc1ccccc1)OS(=O)(=O)c1ccccc1C#N. The van der Waals surface area contributed by atoms with Crippen LogP contribution in [0.15, 0.2) is 59.5 Å². The zero-order valence-electron chi connectivity index (χ0n) is 15.9. The van der Waals surface area contributed by atoms with E-state index in [0.717, 1.165) is 5.56 Å². The van der Waals surface area contributed by atoms with E-state index in [1.54, 1.807) is 19.9 Å². The molecule has 6 nitrogen and oxygen atoms in total. The molecule has 0 saturated heterocycles. The van der Waals surface area contributed by atoms with Gasteiger partial charge in [0, 0.05) is 0 Å². The van der Waals surface area contributed by atoms with E-state index in [1.165, 1.54) is 18.2 Å². The lowest BCUT2D eigenvalue weighted by Gasteiger charge is -2.18. The molecule has 0 saturated carbocycles. The minimum Gasteiger partial charge on any atom is -0.461 e. The van der Waals surface area contributed by atoms with Crippen LogP contribution in [0.4, 0.5) is 0 Å². The van der Waals surface area contributed by atoms with Gasteiger partial charge in [-0.3, -0.25) is 4.18 Å². The first-order chi connectivity index (χ1) is 13.3. The average molecular weight is 401 g/mol. The van der Waals surface area contributed by atoms with Crippen LogP contribution in [0.5, 0.6) is 0 Å². The zero-order chi connectivity index (χ0) is 20.6. The molecule has 0 unspecified atom stereocenters. The van der Waals surface area contributed by atoms with Gasteiger partial charge in [-0.05, 0) is 50.8 Å². The number of esters is 1. The fourth-order valence-corrected chi connectivity index (χ4v) is 3.84. The topological polar surface area (TPSA) is 93.5 Å². The maximum atomic E-state index is 12.7. The van der Waals surface area contributed by atoms with Gasteiger partial charge in [0.1, 0.15) is 11.0 Å². The summed E-state index contributed by atoms with van der Waals surface area (Å²) < 4.78 is 35.7. The lowest BCUT2D eigenvalue weighted by atomic mass is 10.1. The van der Waals surface area contributed by atoms with Crippen LogP contribution in [-0.2, 0) is 30.3 Å². The molecule has 0 fully saturated rings. The van der Waals surface area contributed by atoms with Gasteiger partial charge in [-0.15, -0.1) is 0 Å². The van der Waals surface area contributed by atoms with Gasteiger partial charge in [-0.2, -0.15) is 13.7 Å². The lowest BCUT2D eigenvalue weighted by Crippen LogP contribution is -2.31. The summed E-state index contributed by atoms with van der Waals surface area (Å²) in [5, 5.41) is 9.15. The molecule has 0 spiro atoms. The summed E-state index contributed by atoms with van der Waals surface area (Å²) in [6.45, 7) is 3.36. The van der Waals surface area contributed by atoms with Crippen LogP contribution in [0.3, 0.4) is 0 Å². The second-order valence-corrected chi connectivity index (χ2v) is 8.05. The molecule has 1 atom stereocenters. The molecule has 0 amide bonds. The predicted octanol–water partition coefficient (Wildman–Crippen LogP) is 3.61. The average Bonchev–Trinajstić information content (AvgIpc) is 2.67. The molecule has 0 N–H and O–H groups in total. The normalized spacial score (nSPS) is 12.4. The van der Waals surface area contributed by atoms with Gasteiger partial charge >= 0.3 is 5.97 Å². The number of benzene rings is 2. The highest BCUT2D eigenvalue weighted by Crippen LogP contribution is 2.21. The van der Waals surface area contributed by atoms with E-state index < -0.39 is 28.3 Å².